The van der Waals surface area contributed by atoms with E-state index < -0.39 is 15.4 Å². The van der Waals surface area contributed by atoms with Crippen molar-refractivity contribution in [2.24, 2.45) is 10.1 Å². The van der Waals surface area contributed by atoms with Gasteiger partial charge in [-0.3, -0.25) is 0 Å². The van der Waals surface area contributed by atoms with Crippen molar-refractivity contribution >= 4 is 27.3 Å². The second-order valence-corrected chi connectivity index (χ2v) is 10.8. The highest BCUT2D eigenvalue weighted by Crippen LogP contribution is 2.29. The minimum atomic E-state index is -3.05. The number of hydrogen-bond acceptors (Lipinski definition) is 6. The van der Waals surface area contributed by atoms with Crippen molar-refractivity contribution in [2.75, 3.05) is 5.75 Å². The molecule has 1 aromatic heterocycles. The Morgan fingerprint density at radius 2 is 2.10 bits per heavy atom. The number of hydrogen-bond donors (Lipinski definition) is 0. The number of halogens is 1. The van der Waals surface area contributed by atoms with E-state index in [0.717, 1.165) is 18.4 Å². The van der Waals surface area contributed by atoms with Crippen molar-refractivity contribution in [3.05, 3.63) is 39.0 Å². The van der Waals surface area contributed by atoms with Crippen LogP contribution in [0.25, 0.3) is 10.4 Å². The number of sulfone groups is 1. The molecule has 0 aromatic carbocycles. The molecule has 2 unspecified atom stereocenters. The SMILES string of the molecule is Cc1cc(Cl)ncc1/C(=N\C(C)C(C)(C)N=[N+]=[N-])OC(C)CCS(=O)(=O)C1CC1. The van der Waals surface area contributed by atoms with Crippen LogP contribution in [0, 0.1) is 6.92 Å². The quantitative estimate of drug-likeness (QED) is 0.138. The zero-order valence-corrected chi connectivity index (χ0v) is 19.0. The molecule has 160 valence electrons. The van der Waals surface area contributed by atoms with Crippen LogP contribution in [0.2, 0.25) is 5.15 Å². The summed E-state index contributed by atoms with van der Waals surface area (Å²) in [5.74, 6) is 0.417. The van der Waals surface area contributed by atoms with Crippen molar-refractivity contribution in [3.8, 4) is 0 Å². The van der Waals surface area contributed by atoms with E-state index in [1.807, 2.05) is 20.8 Å². The van der Waals surface area contributed by atoms with Gasteiger partial charge in [0.15, 0.2) is 9.84 Å². The van der Waals surface area contributed by atoms with Crippen molar-refractivity contribution in [2.45, 2.75) is 76.8 Å². The van der Waals surface area contributed by atoms with Crippen LogP contribution in [0.5, 0.6) is 0 Å². The molecule has 8 nitrogen and oxygen atoms in total. The van der Waals surface area contributed by atoms with Gasteiger partial charge in [0, 0.05) is 11.1 Å². The molecule has 1 saturated carbocycles. The Labute approximate surface area is 177 Å². The molecular weight excluding hydrogens is 414 g/mol. The van der Waals surface area contributed by atoms with Gasteiger partial charge >= 0.3 is 0 Å². The maximum absolute atomic E-state index is 12.2. The third-order valence-electron chi connectivity index (χ3n) is 5.10. The lowest BCUT2D eigenvalue weighted by atomic mass is 9.98. The molecule has 10 heteroatoms. The topological polar surface area (TPSA) is 117 Å². The molecular formula is C19H28ClN5O3S. The van der Waals surface area contributed by atoms with Crippen LogP contribution >= 0.6 is 11.6 Å². The van der Waals surface area contributed by atoms with Crippen LogP contribution < -0.4 is 0 Å². The van der Waals surface area contributed by atoms with Crippen LogP contribution in [0.15, 0.2) is 22.4 Å². The molecule has 1 aliphatic carbocycles. The van der Waals surface area contributed by atoms with E-state index >= 15 is 0 Å². The maximum Gasteiger partial charge on any atom is 0.218 e. The van der Waals surface area contributed by atoms with E-state index in [9.17, 15) is 8.42 Å². The van der Waals surface area contributed by atoms with Crippen molar-refractivity contribution in [1.29, 1.82) is 0 Å². The number of nitrogens with zero attached hydrogens (tertiary/aromatic N) is 5. The predicted octanol–water partition coefficient (Wildman–Crippen LogP) is 4.64. The number of aryl methyl sites for hydroxylation is 1. The number of aromatic nitrogens is 1. The fourth-order valence-electron chi connectivity index (χ4n) is 2.62. The molecule has 0 N–H and O–H groups in total. The Hall–Kier alpha value is -1.83. The molecule has 0 saturated heterocycles. The lowest BCUT2D eigenvalue weighted by Gasteiger charge is -2.25. The summed E-state index contributed by atoms with van der Waals surface area (Å²) in [6.45, 7) is 9.10. The van der Waals surface area contributed by atoms with Gasteiger partial charge in [-0.2, -0.15) is 0 Å². The van der Waals surface area contributed by atoms with Crippen LogP contribution in [0.3, 0.4) is 0 Å². The van der Waals surface area contributed by atoms with Gasteiger partial charge in [-0.05, 0) is 57.2 Å². The van der Waals surface area contributed by atoms with E-state index in [-0.39, 0.29) is 23.1 Å². The smallest absolute Gasteiger partial charge is 0.218 e. The molecule has 2 rings (SSSR count). The molecule has 0 amide bonds. The summed E-state index contributed by atoms with van der Waals surface area (Å²) < 4.78 is 30.4. The first-order valence-electron chi connectivity index (χ1n) is 9.61. The van der Waals surface area contributed by atoms with Gasteiger partial charge in [0.1, 0.15) is 5.15 Å². The van der Waals surface area contributed by atoms with Gasteiger partial charge in [0.25, 0.3) is 0 Å². The minimum absolute atomic E-state index is 0.0870. The number of azide groups is 1. The first kappa shape index (κ1) is 23.4. The van der Waals surface area contributed by atoms with E-state index in [0.29, 0.717) is 23.0 Å². The summed E-state index contributed by atoms with van der Waals surface area (Å²) in [4.78, 5) is 11.7. The molecule has 0 radical (unpaired) electrons. The number of pyridine rings is 1. The van der Waals surface area contributed by atoms with Gasteiger partial charge in [-0.15, -0.1) is 0 Å². The fraction of sp³-hybridized carbons (Fsp3) is 0.684. The second kappa shape index (κ2) is 9.32. The van der Waals surface area contributed by atoms with E-state index in [2.05, 4.69) is 20.0 Å². The first-order chi connectivity index (χ1) is 13.5. The summed E-state index contributed by atoms with van der Waals surface area (Å²) in [6, 6.07) is 1.33. The molecule has 1 aromatic rings. The Kier molecular flexibility index (Phi) is 7.54. The Balaban J connectivity index is 2.26. The summed E-state index contributed by atoms with van der Waals surface area (Å²) in [6.07, 6.45) is 3.09. The number of aliphatic imine (C=N–C) groups is 1. The fourth-order valence-corrected chi connectivity index (χ4v) is 4.68. The van der Waals surface area contributed by atoms with Gasteiger partial charge < -0.3 is 4.74 Å². The van der Waals surface area contributed by atoms with Crippen molar-refractivity contribution < 1.29 is 13.2 Å². The van der Waals surface area contributed by atoms with E-state index in [1.54, 1.807) is 26.1 Å². The second-order valence-electron chi connectivity index (χ2n) is 8.06. The van der Waals surface area contributed by atoms with Gasteiger partial charge in [-0.1, -0.05) is 30.6 Å². The van der Waals surface area contributed by atoms with Crippen LogP contribution in [-0.2, 0) is 14.6 Å². The van der Waals surface area contributed by atoms with Gasteiger partial charge in [0.2, 0.25) is 5.90 Å². The summed E-state index contributed by atoms with van der Waals surface area (Å²) in [5.41, 5.74) is 9.54. The third-order valence-corrected chi connectivity index (χ3v) is 7.60. The molecule has 1 fully saturated rings. The maximum atomic E-state index is 12.2. The van der Waals surface area contributed by atoms with Crippen LogP contribution in [-0.4, -0.2) is 48.0 Å². The summed E-state index contributed by atoms with van der Waals surface area (Å²) in [5, 5.41) is 3.99. The van der Waals surface area contributed by atoms with Crippen molar-refractivity contribution in [1.82, 2.24) is 4.98 Å². The largest absolute Gasteiger partial charge is 0.474 e. The average molecular weight is 442 g/mol. The summed E-state index contributed by atoms with van der Waals surface area (Å²) >= 11 is 5.97. The number of ether oxygens (including phenoxy) is 1. The van der Waals surface area contributed by atoms with Crippen LogP contribution in [0.4, 0.5) is 0 Å². The zero-order valence-electron chi connectivity index (χ0n) is 17.5. The Morgan fingerprint density at radius 3 is 2.66 bits per heavy atom. The van der Waals surface area contributed by atoms with Gasteiger partial charge in [-0.25, -0.2) is 18.4 Å². The lowest BCUT2D eigenvalue weighted by molar-refractivity contribution is 0.202. The summed E-state index contributed by atoms with van der Waals surface area (Å²) in [7, 11) is -3.05. The molecule has 0 aliphatic heterocycles. The van der Waals surface area contributed by atoms with Crippen LogP contribution in [0.1, 0.15) is 58.1 Å². The molecule has 29 heavy (non-hydrogen) atoms. The Bertz CT molecular complexity index is 922. The molecule has 0 bridgehead atoms. The van der Waals surface area contributed by atoms with E-state index in [1.165, 1.54) is 0 Å². The monoisotopic (exact) mass is 441 g/mol. The highest BCUT2D eigenvalue weighted by Gasteiger charge is 2.35. The highest BCUT2D eigenvalue weighted by molar-refractivity contribution is 7.92. The van der Waals surface area contributed by atoms with E-state index in [4.69, 9.17) is 21.9 Å². The van der Waals surface area contributed by atoms with Gasteiger partial charge in [0.05, 0.1) is 34.3 Å². The van der Waals surface area contributed by atoms with Crippen molar-refractivity contribution in [3.63, 3.8) is 0 Å². The highest BCUT2D eigenvalue weighted by atomic mass is 35.5. The standard InChI is InChI=1S/C19H28ClN5O3S/c1-12-10-17(20)22-11-16(12)18(23-14(3)19(4,5)24-25-21)28-13(2)8-9-29(26,27)15-6-7-15/h10-11,13-15H,6-9H2,1-5H3/b23-18+. The normalized spacial score (nSPS) is 17.4. The molecule has 1 heterocycles. The molecule has 0 spiro atoms. The first-order valence-corrected chi connectivity index (χ1v) is 11.7. The lowest BCUT2D eigenvalue weighted by Crippen LogP contribution is -2.32. The zero-order chi connectivity index (χ0) is 21.8. The minimum Gasteiger partial charge on any atom is -0.474 e. The predicted molar refractivity (Wildman–Crippen MR) is 115 cm³/mol. The third kappa shape index (κ3) is 6.59. The molecule has 2 atom stereocenters. The average Bonchev–Trinajstić information content (AvgIpc) is 3.45. The number of rotatable bonds is 9. The Morgan fingerprint density at radius 1 is 1.45 bits per heavy atom. The molecule has 1 aliphatic rings.